The molecule has 0 aliphatic carbocycles. The molecule has 0 unspecified atom stereocenters. The van der Waals surface area contributed by atoms with Crippen LogP contribution >= 0.6 is 11.6 Å². The Kier molecular flexibility index (Phi) is 6.28. The first-order chi connectivity index (χ1) is 11.6. The predicted molar refractivity (Wildman–Crippen MR) is 96.9 cm³/mol. The van der Waals surface area contributed by atoms with Gasteiger partial charge in [0.15, 0.2) is 0 Å². The lowest BCUT2D eigenvalue weighted by molar-refractivity contribution is -0.136. The minimum Gasteiger partial charge on any atom is -0.317 e. The number of hydrogen-bond donors (Lipinski definition) is 2. The molecule has 0 saturated carbocycles. The fraction of sp³-hybridized carbons (Fsp3) is 0.0556. The maximum absolute atomic E-state index is 11.8. The second-order valence-electron chi connectivity index (χ2n) is 4.86. The Labute approximate surface area is 145 Å². The van der Waals surface area contributed by atoms with E-state index < -0.39 is 11.8 Å². The summed E-state index contributed by atoms with van der Waals surface area (Å²) in [6, 6.07) is 14.7. The summed E-state index contributed by atoms with van der Waals surface area (Å²) in [6.45, 7) is 1.75. The average molecular weight is 342 g/mol. The van der Waals surface area contributed by atoms with Crippen molar-refractivity contribution in [3.05, 3.63) is 70.8 Å². The van der Waals surface area contributed by atoms with Gasteiger partial charge in [0.1, 0.15) is 0 Å². The number of carbonyl (C=O) groups is 2. The lowest BCUT2D eigenvalue weighted by Crippen LogP contribution is -2.32. The smallest absolute Gasteiger partial charge is 0.317 e. The van der Waals surface area contributed by atoms with Gasteiger partial charge in [-0.3, -0.25) is 9.59 Å². The SMILES string of the molecule is Cc1c(Cl)cccc1NC(=O)C(=O)NN=CC=Cc1ccccc1. The van der Waals surface area contributed by atoms with Gasteiger partial charge in [0.25, 0.3) is 0 Å². The van der Waals surface area contributed by atoms with E-state index in [0.29, 0.717) is 16.3 Å². The molecule has 0 bridgehead atoms. The van der Waals surface area contributed by atoms with Crippen molar-refractivity contribution in [1.82, 2.24) is 5.43 Å². The summed E-state index contributed by atoms with van der Waals surface area (Å²) < 4.78 is 0. The van der Waals surface area contributed by atoms with Gasteiger partial charge in [0.2, 0.25) is 0 Å². The van der Waals surface area contributed by atoms with E-state index in [1.807, 2.05) is 36.4 Å². The molecule has 0 aromatic heterocycles. The Balaban J connectivity index is 1.85. The van der Waals surface area contributed by atoms with Crippen molar-refractivity contribution in [3.63, 3.8) is 0 Å². The van der Waals surface area contributed by atoms with Gasteiger partial charge in [0, 0.05) is 16.9 Å². The summed E-state index contributed by atoms with van der Waals surface area (Å²) in [6.07, 6.45) is 4.88. The van der Waals surface area contributed by atoms with Crippen LogP contribution in [-0.4, -0.2) is 18.0 Å². The minimum absolute atomic E-state index is 0.482. The fourth-order valence-corrected chi connectivity index (χ4v) is 2.00. The zero-order valence-electron chi connectivity index (χ0n) is 13.0. The molecule has 5 nitrogen and oxygen atoms in total. The summed E-state index contributed by atoms with van der Waals surface area (Å²) in [4.78, 5) is 23.5. The molecular formula is C18H16ClN3O2. The molecule has 122 valence electrons. The van der Waals surface area contributed by atoms with E-state index in [-0.39, 0.29) is 0 Å². The average Bonchev–Trinajstić information content (AvgIpc) is 2.59. The Bertz CT molecular complexity index is 786. The Morgan fingerprint density at radius 2 is 1.79 bits per heavy atom. The highest BCUT2D eigenvalue weighted by atomic mass is 35.5. The standard InChI is InChI=1S/C18H16ClN3O2/c1-13-15(19)10-5-11-16(13)21-17(23)18(24)22-20-12-6-9-14-7-3-2-4-8-14/h2-12H,1H3,(H,21,23)(H,22,24). The summed E-state index contributed by atoms with van der Waals surface area (Å²) in [5.74, 6) is -1.68. The molecule has 0 aliphatic heterocycles. The Morgan fingerprint density at radius 3 is 2.54 bits per heavy atom. The number of nitrogens with zero attached hydrogens (tertiary/aromatic N) is 1. The molecular weight excluding hydrogens is 326 g/mol. The number of anilines is 1. The van der Waals surface area contributed by atoms with Crippen molar-refractivity contribution in [2.45, 2.75) is 6.92 Å². The van der Waals surface area contributed by atoms with Gasteiger partial charge < -0.3 is 5.32 Å². The maximum Gasteiger partial charge on any atom is 0.329 e. The molecule has 0 saturated heterocycles. The van der Waals surface area contributed by atoms with Crippen LogP contribution in [0, 0.1) is 6.92 Å². The van der Waals surface area contributed by atoms with Crippen LogP contribution in [0.15, 0.2) is 59.7 Å². The van der Waals surface area contributed by atoms with Gasteiger partial charge in [-0.25, -0.2) is 5.43 Å². The number of carbonyl (C=O) groups excluding carboxylic acids is 2. The molecule has 0 aliphatic rings. The molecule has 2 aromatic carbocycles. The third-order valence-corrected chi connectivity index (χ3v) is 3.55. The van der Waals surface area contributed by atoms with Crippen LogP contribution in [0.5, 0.6) is 0 Å². The maximum atomic E-state index is 11.8. The van der Waals surface area contributed by atoms with Crippen molar-refractivity contribution < 1.29 is 9.59 Å². The summed E-state index contributed by atoms with van der Waals surface area (Å²) in [7, 11) is 0. The lowest BCUT2D eigenvalue weighted by Gasteiger charge is -2.08. The number of hydrogen-bond acceptors (Lipinski definition) is 3. The number of benzene rings is 2. The van der Waals surface area contributed by atoms with Gasteiger partial charge in [0.05, 0.1) is 0 Å². The number of hydrazone groups is 1. The molecule has 24 heavy (non-hydrogen) atoms. The number of allylic oxidation sites excluding steroid dienone is 1. The van der Waals surface area contributed by atoms with Crippen LogP contribution < -0.4 is 10.7 Å². The Hall–Kier alpha value is -2.92. The highest BCUT2D eigenvalue weighted by Crippen LogP contribution is 2.22. The predicted octanol–water partition coefficient (Wildman–Crippen LogP) is 3.40. The van der Waals surface area contributed by atoms with E-state index in [9.17, 15) is 9.59 Å². The highest BCUT2D eigenvalue weighted by Gasteiger charge is 2.14. The largest absolute Gasteiger partial charge is 0.329 e. The summed E-state index contributed by atoms with van der Waals surface area (Å²) in [5, 5.41) is 6.69. The van der Waals surface area contributed by atoms with Crippen LogP contribution in [0.1, 0.15) is 11.1 Å². The second-order valence-corrected chi connectivity index (χ2v) is 5.26. The summed E-state index contributed by atoms with van der Waals surface area (Å²) in [5.41, 5.74) is 4.33. The van der Waals surface area contributed by atoms with Crippen molar-refractivity contribution in [3.8, 4) is 0 Å². The highest BCUT2D eigenvalue weighted by molar-refractivity contribution is 6.40. The minimum atomic E-state index is -0.862. The zero-order chi connectivity index (χ0) is 17.4. The van der Waals surface area contributed by atoms with Gasteiger partial charge in [-0.1, -0.05) is 54.1 Å². The van der Waals surface area contributed by atoms with E-state index in [0.717, 1.165) is 5.56 Å². The first kappa shape index (κ1) is 17.4. The van der Waals surface area contributed by atoms with Crippen molar-refractivity contribution in [2.24, 2.45) is 5.10 Å². The number of amides is 2. The van der Waals surface area contributed by atoms with Gasteiger partial charge in [-0.15, -0.1) is 0 Å². The zero-order valence-corrected chi connectivity index (χ0v) is 13.7. The van der Waals surface area contributed by atoms with Crippen LogP contribution in [0.3, 0.4) is 0 Å². The van der Waals surface area contributed by atoms with Crippen molar-refractivity contribution in [2.75, 3.05) is 5.32 Å². The molecule has 0 fully saturated rings. The van der Waals surface area contributed by atoms with Gasteiger partial charge in [-0.05, 0) is 36.3 Å². The summed E-state index contributed by atoms with van der Waals surface area (Å²) >= 11 is 5.96. The quantitative estimate of drug-likeness (QED) is 0.508. The molecule has 2 rings (SSSR count). The topological polar surface area (TPSA) is 70.6 Å². The first-order valence-corrected chi connectivity index (χ1v) is 7.57. The van der Waals surface area contributed by atoms with E-state index in [2.05, 4.69) is 15.8 Å². The fourth-order valence-electron chi connectivity index (χ4n) is 1.83. The number of rotatable bonds is 4. The molecule has 0 heterocycles. The van der Waals surface area contributed by atoms with Crippen LogP contribution in [0.2, 0.25) is 5.02 Å². The third-order valence-electron chi connectivity index (χ3n) is 3.14. The second kappa shape index (κ2) is 8.64. The molecule has 0 atom stereocenters. The lowest BCUT2D eigenvalue weighted by atomic mass is 10.2. The molecule has 0 radical (unpaired) electrons. The normalized spacial score (nSPS) is 10.9. The van der Waals surface area contributed by atoms with E-state index in [1.54, 1.807) is 31.2 Å². The van der Waals surface area contributed by atoms with E-state index in [1.165, 1.54) is 6.21 Å². The van der Waals surface area contributed by atoms with Gasteiger partial charge >= 0.3 is 11.8 Å². The molecule has 2 aromatic rings. The van der Waals surface area contributed by atoms with Crippen LogP contribution in [0.25, 0.3) is 6.08 Å². The number of halogens is 1. The van der Waals surface area contributed by atoms with Gasteiger partial charge in [-0.2, -0.15) is 5.10 Å². The first-order valence-electron chi connectivity index (χ1n) is 7.19. The molecule has 2 N–H and O–H groups in total. The molecule has 6 heteroatoms. The van der Waals surface area contributed by atoms with Crippen molar-refractivity contribution >= 4 is 41.4 Å². The Morgan fingerprint density at radius 1 is 1.04 bits per heavy atom. The van der Waals surface area contributed by atoms with Crippen molar-refractivity contribution in [1.29, 1.82) is 0 Å². The van der Waals surface area contributed by atoms with E-state index in [4.69, 9.17) is 11.6 Å². The monoisotopic (exact) mass is 341 g/mol. The van der Waals surface area contributed by atoms with Crippen LogP contribution in [-0.2, 0) is 9.59 Å². The third kappa shape index (κ3) is 5.07. The number of nitrogens with one attached hydrogen (secondary N) is 2. The molecule has 0 spiro atoms. The van der Waals surface area contributed by atoms with E-state index >= 15 is 0 Å². The molecule has 2 amide bonds. The van der Waals surface area contributed by atoms with Crippen LogP contribution in [0.4, 0.5) is 5.69 Å².